The normalized spacial score (nSPS) is 9.64. The van der Waals surface area contributed by atoms with Gasteiger partial charge in [-0.15, -0.1) is 11.3 Å². The Bertz CT molecular complexity index is 303. The summed E-state index contributed by atoms with van der Waals surface area (Å²) >= 11 is 4.46. The molecule has 2 nitrogen and oxygen atoms in total. The molecule has 0 aliphatic heterocycles. The highest BCUT2D eigenvalue weighted by molar-refractivity contribution is 9.11. The minimum atomic E-state index is -0.0104. The predicted molar refractivity (Wildman–Crippen MR) is 47.4 cm³/mol. The lowest BCUT2D eigenvalue weighted by molar-refractivity contribution is 0.102. The van der Waals surface area contributed by atoms with Crippen LogP contribution in [0.5, 0.6) is 0 Å². The fraction of sp³-hybridized carbons (Fsp3) is 0.143. The van der Waals surface area contributed by atoms with Crippen molar-refractivity contribution in [3.8, 4) is 0 Å². The summed E-state index contributed by atoms with van der Waals surface area (Å²) in [5.74, 6) is -0.0104. The second-order valence-corrected chi connectivity index (χ2v) is 4.38. The van der Waals surface area contributed by atoms with Crippen molar-refractivity contribution in [1.82, 2.24) is 0 Å². The maximum Gasteiger partial charge on any atom is 0.169 e. The molecule has 0 aliphatic carbocycles. The molecule has 0 aliphatic rings. The SMILES string of the molecule is CC(=O)c1cc(C=O)c(Br)s1. The monoisotopic (exact) mass is 232 g/mol. The van der Waals surface area contributed by atoms with Crippen molar-refractivity contribution in [3.63, 3.8) is 0 Å². The molecule has 0 fully saturated rings. The predicted octanol–water partition coefficient (Wildman–Crippen LogP) is 2.53. The Labute approximate surface area is 76.4 Å². The molecule has 0 bridgehead atoms. The van der Waals surface area contributed by atoms with Gasteiger partial charge in [-0.2, -0.15) is 0 Å². The van der Waals surface area contributed by atoms with Crippen LogP contribution in [0.2, 0.25) is 0 Å². The van der Waals surface area contributed by atoms with Gasteiger partial charge in [0.25, 0.3) is 0 Å². The first-order chi connectivity index (χ1) is 5.15. The van der Waals surface area contributed by atoms with Crippen LogP contribution in [0.3, 0.4) is 0 Å². The fourth-order valence-electron chi connectivity index (χ4n) is 0.637. The van der Waals surface area contributed by atoms with Crippen molar-refractivity contribution < 1.29 is 9.59 Å². The smallest absolute Gasteiger partial charge is 0.169 e. The van der Waals surface area contributed by atoms with E-state index in [2.05, 4.69) is 15.9 Å². The third-order valence-corrected chi connectivity index (χ3v) is 3.17. The number of hydrogen-bond donors (Lipinski definition) is 0. The van der Waals surface area contributed by atoms with Gasteiger partial charge in [0.1, 0.15) is 0 Å². The Morgan fingerprint density at radius 1 is 1.73 bits per heavy atom. The lowest BCUT2D eigenvalue weighted by Gasteiger charge is -1.80. The zero-order valence-electron chi connectivity index (χ0n) is 5.76. The fourth-order valence-corrected chi connectivity index (χ4v) is 2.12. The van der Waals surface area contributed by atoms with Crippen LogP contribution >= 0.6 is 27.3 Å². The summed E-state index contributed by atoms with van der Waals surface area (Å²) < 4.78 is 0.720. The van der Waals surface area contributed by atoms with E-state index in [9.17, 15) is 9.59 Å². The molecule has 1 aromatic rings. The zero-order chi connectivity index (χ0) is 8.43. The molecule has 1 aromatic heterocycles. The number of carbonyl (C=O) groups excluding carboxylic acids is 2. The first kappa shape index (κ1) is 8.62. The lowest BCUT2D eigenvalue weighted by Crippen LogP contribution is -1.84. The van der Waals surface area contributed by atoms with E-state index in [0.717, 1.165) is 10.1 Å². The summed E-state index contributed by atoms with van der Waals surface area (Å²) in [4.78, 5) is 21.7. The molecule has 1 rings (SSSR count). The molecule has 11 heavy (non-hydrogen) atoms. The van der Waals surface area contributed by atoms with Crippen molar-refractivity contribution in [2.24, 2.45) is 0 Å². The molecule has 0 radical (unpaired) electrons. The molecule has 0 saturated heterocycles. The molecule has 0 spiro atoms. The van der Waals surface area contributed by atoms with Crippen LogP contribution in [0.4, 0.5) is 0 Å². The van der Waals surface area contributed by atoms with E-state index in [4.69, 9.17) is 0 Å². The van der Waals surface area contributed by atoms with Crippen molar-refractivity contribution in [1.29, 1.82) is 0 Å². The van der Waals surface area contributed by atoms with Gasteiger partial charge in [0, 0.05) is 5.56 Å². The standard InChI is InChI=1S/C7H5BrO2S/c1-4(10)6-2-5(3-9)7(8)11-6/h2-3H,1H3. The van der Waals surface area contributed by atoms with E-state index in [1.54, 1.807) is 6.07 Å². The lowest BCUT2D eigenvalue weighted by atomic mass is 10.3. The molecule has 1 heterocycles. The van der Waals surface area contributed by atoms with Crippen LogP contribution in [-0.2, 0) is 0 Å². The number of rotatable bonds is 2. The zero-order valence-corrected chi connectivity index (χ0v) is 8.16. The highest BCUT2D eigenvalue weighted by atomic mass is 79.9. The minimum Gasteiger partial charge on any atom is -0.298 e. The van der Waals surface area contributed by atoms with Gasteiger partial charge < -0.3 is 0 Å². The van der Waals surface area contributed by atoms with Crippen LogP contribution in [0, 0.1) is 0 Å². The molecular weight excluding hydrogens is 228 g/mol. The van der Waals surface area contributed by atoms with E-state index in [0.29, 0.717) is 10.4 Å². The quantitative estimate of drug-likeness (QED) is 0.581. The second kappa shape index (κ2) is 3.28. The first-order valence-corrected chi connectivity index (χ1v) is 4.51. The number of halogens is 1. The number of carbonyl (C=O) groups is 2. The van der Waals surface area contributed by atoms with Gasteiger partial charge in [-0.05, 0) is 28.9 Å². The van der Waals surface area contributed by atoms with E-state index in [1.165, 1.54) is 18.3 Å². The van der Waals surface area contributed by atoms with Crippen molar-refractivity contribution in [2.45, 2.75) is 6.92 Å². The minimum absolute atomic E-state index is 0.0104. The Kier molecular flexibility index (Phi) is 2.57. The third kappa shape index (κ3) is 1.75. The summed E-state index contributed by atoms with van der Waals surface area (Å²) in [5, 5.41) is 0. The number of Topliss-reactive ketones (excluding diaryl/α,β-unsaturated/α-hetero) is 1. The van der Waals surface area contributed by atoms with Gasteiger partial charge in [0.05, 0.1) is 8.66 Å². The highest BCUT2D eigenvalue weighted by Gasteiger charge is 2.08. The van der Waals surface area contributed by atoms with Gasteiger partial charge in [0.2, 0.25) is 0 Å². The van der Waals surface area contributed by atoms with E-state index >= 15 is 0 Å². The number of hydrogen-bond acceptors (Lipinski definition) is 3. The Morgan fingerprint density at radius 3 is 2.64 bits per heavy atom. The summed E-state index contributed by atoms with van der Waals surface area (Å²) in [7, 11) is 0. The van der Waals surface area contributed by atoms with Gasteiger partial charge in [-0.3, -0.25) is 9.59 Å². The van der Waals surface area contributed by atoms with Crippen molar-refractivity contribution in [2.75, 3.05) is 0 Å². The Morgan fingerprint density at radius 2 is 2.36 bits per heavy atom. The van der Waals surface area contributed by atoms with Crippen LogP contribution in [0.25, 0.3) is 0 Å². The Balaban J connectivity index is 3.14. The molecular formula is C7H5BrO2S. The highest BCUT2D eigenvalue weighted by Crippen LogP contribution is 2.26. The first-order valence-electron chi connectivity index (χ1n) is 2.90. The maximum atomic E-state index is 10.8. The van der Waals surface area contributed by atoms with Crippen LogP contribution < -0.4 is 0 Å². The second-order valence-electron chi connectivity index (χ2n) is 2.01. The number of ketones is 1. The summed E-state index contributed by atoms with van der Waals surface area (Å²) in [5.41, 5.74) is 0.542. The topological polar surface area (TPSA) is 34.1 Å². The molecule has 4 heteroatoms. The van der Waals surface area contributed by atoms with Gasteiger partial charge in [0.15, 0.2) is 12.1 Å². The molecule has 0 atom stereocenters. The molecule has 58 valence electrons. The van der Waals surface area contributed by atoms with Gasteiger partial charge in [-0.1, -0.05) is 0 Å². The summed E-state index contributed by atoms with van der Waals surface area (Å²) in [6.45, 7) is 1.48. The maximum absolute atomic E-state index is 10.8. The van der Waals surface area contributed by atoms with Crippen molar-refractivity contribution >= 4 is 39.3 Å². The van der Waals surface area contributed by atoms with E-state index in [-0.39, 0.29) is 5.78 Å². The van der Waals surface area contributed by atoms with Gasteiger partial charge in [-0.25, -0.2) is 0 Å². The van der Waals surface area contributed by atoms with Crippen LogP contribution in [0.15, 0.2) is 9.85 Å². The van der Waals surface area contributed by atoms with Crippen LogP contribution in [-0.4, -0.2) is 12.1 Å². The molecule has 0 saturated carbocycles. The van der Waals surface area contributed by atoms with Gasteiger partial charge >= 0.3 is 0 Å². The summed E-state index contributed by atoms with van der Waals surface area (Å²) in [6.07, 6.45) is 0.729. The third-order valence-electron chi connectivity index (χ3n) is 1.19. The molecule has 0 N–H and O–H groups in total. The van der Waals surface area contributed by atoms with Crippen LogP contribution in [0.1, 0.15) is 27.0 Å². The number of thiophene rings is 1. The Hall–Kier alpha value is -0.480. The van der Waals surface area contributed by atoms with E-state index < -0.39 is 0 Å². The average molecular weight is 233 g/mol. The van der Waals surface area contributed by atoms with Crippen molar-refractivity contribution in [3.05, 3.63) is 20.3 Å². The van der Waals surface area contributed by atoms with E-state index in [1.807, 2.05) is 0 Å². The number of aldehydes is 1. The summed E-state index contributed by atoms with van der Waals surface area (Å²) in [6, 6.07) is 1.59. The molecule has 0 aromatic carbocycles. The average Bonchev–Trinajstić information content (AvgIpc) is 2.31. The largest absolute Gasteiger partial charge is 0.298 e. The molecule has 0 unspecified atom stereocenters. The molecule has 0 amide bonds.